The molecule has 0 amide bonds. The lowest BCUT2D eigenvalue weighted by Crippen LogP contribution is -2.65. The number of esters is 1. The lowest BCUT2D eigenvalue weighted by atomic mass is 9.89. The number of rotatable bonds is 9. The Balaban J connectivity index is 1.65. The van der Waals surface area contributed by atoms with Crippen molar-refractivity contribution < 1.29 is 47.9 Å². The van der Waals surface area contributed by atoms with Gasteiger partial charge in [-0.3, -0.25) is 4.79 Å². The Morgan fingerprint density at radius 3 is 2.50 bits per heavy atom. The van der Waals surface area contributed by atoms with Crippen molar-refractivity contribution in [2.45, 2.75) is 64.8 Å². The Morgan fingerprint density at radius 1 is 1.15 bits per heavy atom. The van der Waals surface area contributed by atoms with Gasteiger partial charge in [0.05, 0.1) is 11.0 Å². The highest BCUT2D eigenvalue weighted by Crippen LogP contribution is 2.38. The smallest absolute Gasteiger partial charge is 0.355 e. The van der Waals surface area contributed by atoms with Crippen LogP contribution in [0.1, 0.15) is 52.9 Å². The number of hydrogen-bond acceptors (Lipinski definition) is 11. The van der Waals surface area contributed by atoms with Crippen molar-refractivity contribution in [1.82, 2.24) is 4.98 Å². The summed E-state index contributed by atoms with van der Waals surface area (Å²) in [6, 6.07) is 6.18. The number of benzene rings is 1. The van der Waals surface area contributed by atoms with E-state index in [4.69, 9.17) is 28.1 Å². The molecule has 40 heavy (non-hydrogen) atoms. The van der Waals surface area contributed by atoms with Gasteiger partial charge in [-0.05, 0) is 58.9 Å². The number of carbonyl (C=O) groups excluding carboxylic acids is 2. The Hall–Kier alpha value is -3.71. The molecule has 4 rings (SSSR count). The van der Waals surface area contributed by atoms with E-state index in [1.54, 1.807) is 46.8 Å². The van der Waals surface area contributed by atoms with Crippen LogP contribution in [0.4, 0.5) is 0 Å². The highest BCUT2D eigenvalue weighted by molar-refractivity contribution is 6.04. The fourth-order valence-corrected chi connectivity index (χ4v) is 4.75. The highest BCUT2D eigenvalue weighted by atomic mass is 16.7. The molecule has 1 aliphatic rings. The first-order chi connectivity index (χ1) is 18.9. The zero-order valence-corrected chi connectivity index (χ0v) is 23.1. The van der Waals surface area contributed by atoms with Crippen molar-refractivity contribution in [3.63, 3.8) is 0 Å². The van der Waals surface area contributed by atoms with Gasteiger partial charge < -0.3 is 43.3 Å². The van der Waals surface area contributed by atoms with E-state index in [0.29, 0.717) is 5.56 Å². The third-order valence-corrected chi connectivity index (χ3v) is 6.77. The summed E-state index contributed by atoms with van der Waals surface area (Å²) in [6.45, 7) is 8.34. The first kappa shape index (κ1) is 29.3. The maximum atomic E-state index is 12.8. The number of nitrogens with one attached hydrogen (secondary N) is 1. The number of hydrogen-bond donors (Lipinski definition) is 3. The molecule has 2 aromatic heterocycles. The SMILES string of the molecule is CCOCC(=O)c1c(O)c2ccc(O[C@@H]3OC(C)(C)[C@H](OC)[C@@H](OC(=O)c4ccc(C)[nH]4)[C@H]3O)c(C)c2oc1=O. The Kier molecular flexibility index (Phi) is 8.36. The first-order valence-electron chi connectivity index (χ1n) is 12.7. The van der Waals surface area contributed by atoms with Crippen LogP contribution in [0.3, 0.4) is 0 Å². The van der Waals surface area contributed by atoms with Gasteiger partial charge in [0.2, 0.25) is 6.29 Å². The second-order valence-electron chi connectivity index (χ2n) is 10.0. The summed E-state index contributed by atoms with van der Waals surface area (Å²) in [4.78, 5) is 40.7. The maximum Gasteiger partial charge on any atom is 0.355 e. The van der Waals surface area contributed by atoms with Crippen LogP contribution in [0, 0.1) is 13.8 Å². The van der Waals surface area contributed by atoms with E-state index in [-0.39, 0.29) is 35.6 Å². The number of aromatic nitrogens is 1. The van der Waals surface area contributed by atoms with Crippen molar-refractivity contribution in [3.8, 4) is 11.5 Å². The van der Waals surface area contributed by atoms with Crippen molar-refractivity contribution in [2.75, 3.05) is 20.3 Å². The fraction of sp³-hybridized carbons (Fsp3) is 0.464. The van der Waals surface area contributed by atoms with Crippen LogP contribution in [0.15, 0.2) is 33.5 Å². The number of aryl methyl sites for hydroxylation is 2. The molecule has 0 bridgehead atoms. The van der Waals surface area contributed by atoms with Crippen LogP contribution in [0.5, 0.6) is 11.5 Å². The molecule has 0 unspecified atom stereocenters. The largest absolute Gasteiger partial charge is 0.506 e. The Labute approximate surface area is 229 Å². The molecule has 1 aliphatic heterocycles. The van der Waals surface area contributed by atoms with Gasteiger partial charge in [-0.2, -0.15) is 0 Å². The van der Waals surface area contributed by atoms with E-state index >= 15 is 0 Å². The minimum absolute atomic E-state index is 0.0163. The van der Waals surface area contributed by atoms with E-state index in [1.807, 2.05) is 0 Å². The summed E-state index contributed by atoms with van der Waals surface area (Å²) in [7, 11) is 1.42. The lowest BCUT2D eigenvalue weighted by molar-refractivity contribution is -0.305. The second-order valence-corrected chi connectivity index (χ2v) is 10.0. The molecule has 12 nitrogen and oxygen atoms in total. The van der Waals surface area contributed by atoms with Crippen LogP contribution >= 0.6 is 0 Å². The summed E-state index contributed by atoms with van der Waals surface area (Å²) in [6.07, 6.45) is -4.82. The molecule has 3 heterocycles. The monoisotopic (exact) mass is 559 g/mol. The average Bonchev–Trinajstić information content (AvgIpc) is 3.33. The topological polar surface area (TPSA) is 167 Å². The minimum Gasteiger partial charge on any atom is -0.506 e. The number of aromatic hydroxyl groups is 1. The summed E-state index contributed by atoms with van der Waals surface area (Å²) in [5.74, 6) is -1.78. The number of aliphatic hydroxyl groups is 1. The number of aliphatic hydroxyl groups excluding tert-OH is 1. The molecule has 1 fully saturated rings. The van der Waals surface area contributed by atoms with Gasteiger partial charge in [0.25, 0.3) is 0 Å². The molecule has 4 atom stereocenters. The molecule has 0 aliphatic carbocycles. The summed E-state index contributed by atoms with van der Waals surface area (Å²) in [5.41, 5.74) is -1.35. The van der Waals surface area contributed by atoms with E-state index < -0.39 is 58.9 Å². The number of ketones is 1. The third-order valence-electron chi connectivity index (χ3n) is 6.77. The van der Waals surface area contributed by atoms with E-state index in [1.165, 1.54) is 19.2 Å². The van der Waals surface area contributed by atoms with Gasteiger partial charge >= 0.3 is 11.6 Å². The average molecular weight is 560 g/mol. The van der Waals surface area contributed by atoms with Gasteiger partial charge in [-0.15, -0.1) is 0 Å². The molecule has 216 valence electrons. The molecule has 0 radical (unpaired) electrons. The summed E-state index contributed by atoms with van der Waals surface area (Å²) in [5, 5.41) is 22.0. The van der Waals surface area contributed by atoms with E-state index in [2.05, 4.69) is 4.98 Å². The van der Waals surface area contributed by atoms with Crippen molar-refractivity contribution in [1.29, 1.82) is 0 Å². The van der Waals surface area contributed by atoms with Gasteiger partial charge in [0.15, 0.2) is 18.0 Å². The fourth-order valence-electron chi connectivity index (χ4n) is 4.75. The molecular formula is C28H33NO11. The van der Waals surface area contributed by atoms with Crippen LogP contribution < -0.4 is 10.4 Å². The van der Waals surface area contributed by atoms with Gasteiger partial charge in [0, 0.05) is 25.0 Å². The van der Waals surface area contributed by atoms with Crippen LogP contribution in [-0.2, 0) is 18.9 Å². The summed E-state index contributed by atoms with van der Waals surface area (Å²) < 4.78 is 33.7. The van der Waals surface area contributed by atoms with Crippen molar-refractivity contribution >= 4 is 22.7 Å². The molecule has 1 saturated heterocycles. The van der Waals surface area contributed by atoms with Crippen LogP contribution in [0.25, 0.3) is 11.0 Å². The molecule has 0 saturated carbocycles. The Morgan fingerprint density at radius 2 is 1.88 bits per heavy atom. The second kappa shape index (κ2) is 11.4. The predicted molar refractivity (Wildman–Crippen MR) is 141 cm³/mol. The highest BCUT2D eigenvalue weighted by Gasteiger charge is 2.53. The Bertz CT molecular complexity index is 1470. The van der Waals surface area contributed by atoms with Crippen LogP contribution in [0.2, 0.25) is 0 Å². The summed E-state index contributed by atoms with van der Waals surface area (Å²) >= 11 is 0. The van der Waals surface area contributed by atoms with E-state index in [9.17, 15) is 24.6 Å². The number of methoxy groups -OCH3 is 1. The molecule has 0 spiro atoms. The van der Waals surface area contributed by atoms with Crippen molar-refractivity contribution in [3.05, 3.63) is 57.2 Å². The van der Waals surface area contributed by atoms with Crippen molar-refractivity contribution in [2.24, 2.45) is 0 Å². The first-order valence-corrected chi connectivity index (χ1v) is 12.7. The predicted octanol–water partition coefficient (Wildman–Crippen LogP) is 2.78. The van der Waals surface area contributed by atoms with E-state index in [0.717, 1.165) is 5.69 Å². The quantitative estimate of drug-likeness (QED) is 0.200. The van der Waals surface area contributed by atoms with Gasteiger partial charge in [-0.1, -0.05) is 0 Å². The van der Waals surface area contributed by atoms with Gasteiger partial charge in [0.1, 0.15) is 41.1 Å². The molecule has 3 aromatic rings. The molecular weight excluding hydrogens is 526 g/mol. The number of aromatic amines is 1. The van der Waals surface area contributed by atoms with Gasteiger partial charge in [-0.25, -0.2) is 9.59 Å². The number of ether oxygens (including phenoxy) is 5. The maximum absolute atomic E-state index is 12.8. The minimum atomic E-state index is -1.48. The third kappa shape index (κ3) is 5.48. The molecule has 3 N–H and O–H groups in total. The number of H-pyrrole nitrogens is 1. The number of Topliss-reactive ketones (excluding diaryl/α,β-unsaturated/α-hetero) is 1. The normalized spacial score (nSPS) is 22.3. The molecule has 1 aromatic carbocycles. The zero-order valence-electron chi connectivity index (χ0n) is 23.1. The van der Waals surface area contributed by atoms with Crippen LogP contribution in [-0.4, -0.2) is 77.5 Å². The molecule has 12 heteroatoms. The number of fused-ring (bicyclic) bond motifs is 1. The standard InChI is InChI=1S/C28H33NO11/c1-7-36-12-17(30)19-20(31)15-9-11-18(14(3)22(15)38-26(19)34)37-27-21(32)23(24(35-6)28(4,5)40-27)39-25(33)16-10-8-13(2)29-16/h8-11,21,23-24,27,29,31-32H,7,12H2,1-6H3/t21-,23+,24-,27-/m1/s1. The number of carbonyl (C=O) groups is 2. The zero-order chi connectivity index (χ0) is 29.4. The lowest BCUT2D eigenvalue weighted by Gasteiger charge is -2.47.